The third-order valence-electron chi connectivity index (χ3n) is 8.38. The fourth-order valence-corrected chi connectivity index (χ4v) is 6.60. The normalized spacial score (nSPS) is 27.1. The second-order valence-corrected chi connectivity index (χ2v) is 12.0. The number of hydrogen-bond donors (Lipinski definition) is 1. The molecule has 0 aromatic heterocycles. The number of nitriles is 1. The number of ether oxygens (including phenoxy) is 1. The van der Waals surface area contributed by atoms with E-state index in [1.165, 1.54) is 17.0 Å². The van der Waals surface area contributed by atoms with Crippen molar-refractivity contribution in [2.75, 3.05) is 19.6 Å². The van der Waals surface area contributed by atoms with Crippen molar-refractivity contribution < 1.29 is 23.5 Å². The highest BCUT2D eigenvalue weighted by molar-refractivity contribution is 5.88. The van der Waals surface area contributed by atoms with E-state index >= 15 is 0 Å². The molecule has 4 fully saturated rings. The van der Waals surface area contributed by atoms with Crippen molar-refractivity contribution in [1.82, 2.24) is 20.0 Å². The molecule has 9 nitrogen and oxygen atoms in total. The Bertz CT molecular complexity index is 1140. The Kier molecular flexibility index (Phi) is 6.84. The summed E-state index contributed by atoms with van der Waals surface area (Å²) in [5.41, 5.74) is -0.175. The van der Waals surface area contributed by atoms with Crippen LogP contribution in [-0.4, -0.2) is 82.0 Å². The van der Waals surface area contributed by atoms with Crippen molar-refractivity contribution in [3.05, 3.63) is 35.6 Å². The van der Waals surface area contributed by atoms with Crippen molar-refractivity contribution in [2.24, 2.45) is 0 Å². The second kappa shape index (κ2) is 9.84. The van der Waals surface area contributed by atoms with Gasteiger partial charge in [-0.2, -0.15) is 5.26 Å². The SMILES string of the molecule is CC(C)(C)OC(=O)NC(CN1C[C@@H]2CC1C(=O)N2C1(c2ccc(F)cc2)CCC1)C(=O)N1CCCC1C#N. The number of carbonyl (C=O) groups is 3. The number of hydrogen-bond acceptors (Lipinski definition) is 6. The van der Waals surface area contributed by atoms with E-state index in [1.54, 1.807) is 32.9 Å². The Morgan fingerprint density at radius 2 is 1.95 bits per heavy atom. The van der Waals surface area contributed by atoms with Crippen molar-refractivity contribution in [2.45, 2.75) is 94.6 Å². The molecule has 38 heavy (non-hydrogen) atoms. The Morgan fingerprint density at radius 3 is 2.53 bits per heavy atom. The minimum absolute atomic E-state index is 0.0183. The molecule has 0 radical (unpaired) electrons. The van der Waals surface area contributed by atoms with E-state index in [-0.39, 0.29) is 36.3 Å². The highest BCUT2D eigenvalue weighted by atomic mass is 19.1. The van der Waals surface area contributed by atoms with Crippen LogP contribution < -0.4 is 5.32 Å². The van der Waals surface area contributed by atoms with Crippen LogP contribution in [0.25, 0.3) is 0 Å². The highest BCUT2D eigenvalue weighted by Crippen LogP contribution is 2.52. The van der Waals surface area contributed by atoms with E-state index in [4.69, 9.17) is 4.74 Å². The number of piperazine rings is 1. The van der Waals surface area contributed by atoms with Crippen LogP contribution in [0.5, 0.6) is 0 Å². The summed E-state index contributed by atoms with van der Waals surface area (Å²) in [5.74, 6) is -0.605. The lowest BCUT2D eigenvalue weighted by molar-refractivity contribution is -0.150. The summed E-state index contributed by atoms with van der Waals surface area (Å²) in [4.78, 5) is 45.4. The molecule has 1 saturated carbocycles. The van der Waals surface area contributed by atoms with Gasteiger partial charge in [-0.15, -0.1) is 0 Å². The molecular formula is C28H36FN5O4. The van der Waals surface area contributed by atoms with E-state index in [1.807, 2.05) is 9.80 Å². The third kappa shape index (κ3) is 4.73. The summed E-state index contributed by atoms with van der Waals surface area (Å²) in [6.07, 6.45) is 3.99. The molecule has 1 aromatic rings. The number of amides is 3. The summed E-state index contributed by atoms with van der Waals surface area (Å²) >= 11 is 0. The highest BCUT2D eigenvalue weighted by Gasteiger charge is 2.59. The van der Waals surface area contributed by atoms with Gasteiger partial charge >= 0.3 is 6.09 Å². The van der Waals surface area contributed by atoms with Gasteiger partial charge in [-0.25, -0.2) is 9.18 Å². The predicted molar refractivity (Wildman–Crippen MR) is 136 cm³/mol. The first-order valence-corrected chi connectivity index (χ1v) is 13.6. The number of nitrogens with one attached hydrogen (secondary N) is 1. The van der Waals surface area contributed by atoms with Crippen LogP contribution in [0.15, 0.2) is 24.3 Å². The van der Waals surface area contributed by atoms with Crippen molar-refractivity contribution >= 4 is 17.9 Å². The average Bonchev–Trinajstić information content (AvgIpc) is 3.53. The van der Waals surface area contributed by atoms with Gasteiger partial charge < -0.3 is 19.9 Å². The van der Waals surface area contributed by atoms with Crippen LogP contribution in [0, 0.1) is 17.1 Å². The number of carbonyl (C=O) groups excluding carboxylic acids is 3. The van der Waals surface area contributed by atoms with Crippen LogP contribution in [0.3, 0.4) is 0 Å². The van der Waals surface area contributed by atoms with Crippen molar-refractivity contribution in [3.63, 3.8) is 0 Å². The minimum atomic E-state index is -0.936. The molecule has 204 valence electrons. The average molecular weight is 526 g/mol. The quantitative estimate of drug-likeness (QED) is 0.612. The molecular weight excluding hydrogens is 489 g/mol. The maximum Gasteiger partial charge on any atom is 0.408 e. The third-order valence-corrected chi connectivity index (χ3v) is 8.38. The minimum Gasteiger partial charge on any atom is -0.444 e. The van der Waals surface area contributed by atoms with Crippen LogP contribution in [0.2, 0.25) is 0 Å². The molecule has 3 heterocycles. The maximum atomic E-state index is 13.7. The van der Waals surface area contributed by atoms with Gasteiger partial charge in [0.1, 0.15) is 23.5 Å². The van der Waals surface area contributed by atoms with E-state index in [2.05, 4.69) is 11.4 Å². The van der Waals surface area contributed by atoms with Gasteiger partial charge in [-0.1, -0.05) is 12.1 Å². The lowest BCUT2D eigenvalue weighted by Gasteiger charge is -2.53. The Morgan fingerprint density at radius 1 is 1.24 bits per heavy atom. The lowest BCUT2D eigenvalue weighted by atomic mass is 9.70. The molecule has 0 spiro atoms. The summed E-state index contributed by atoms with van der Waals surface area (Å²) in [6, 6.07) is 6.79. The molecule has 3 unspecified atom stereocenters. The summed E-state index contributed by atoms with van der Waals surface area (Å²) < 4.78 is 19.0. The fraction of sp³-hybridized carbons (Fsp3) is 0.643. The summed E-state index contributed by atoms with van der Waals surface area (Å²) in [5, 5.41) is 12.2. The van der Waals surface area contributed by atoms with E-state index in [0.29, 0.717) is 25.9 Å². The molecule has 4 aliphatic rings. The van der Waals surface area contributed by atoms with Gasteiger partial charge in [-0.05, 0) is 77.0 Å². The Hall–Kier alpha value is -3.19. The number of alkyl carbamates (subject to hydrolysis) is 1. The molecule has 2 bridgehead atoms. The Labute approximate surface area is 222 Å². The van der Waals surface area contributed by atoms with Crippen LogP contribution in [-0.2, 0) is 19.9 Å². The van der Waals surface area contributed by atoms with Gasteiger partial charge in [-0.3, -0.25) is 14.5 Å². The number of rotatable bonds is 6. The molecule has 3 saturated heterocycles. The molecule has 3 aliphatic heterocycles. The van der Waals surface area contributed by atoms with E-state index in [9.17, 15) is 24.0 Å². The van der Waals surface area contributed by atoms with Gasteiger partial charge in [0.2, 0.25) is 11.8 Å². The lowest BCUT2D eigenvalue weighted by Crippen LogP contribution is -2.63. The topological polar surface area (TPSA) is 106 Å². The standard InChI is InChI=1S/C28H36FN5O4/c1-27(2,3)38-26(37)31-22(24(35)33-13-4-6-20(33)15-30)17-32-16-21-14-23(32)25(36)34(21)28(11-5-12-28)18-7-9-19(29)10-8-18/h7-10,20-23H,4-6,11-14,16-17H2,1-3H3,(H,31,37)/t20?,21-,22?,23?/m0/s1. The number of halogens is 1. The Balaban J connectivity index is 1.33. The molecule has 1 aromatic carbocycles. The van der Waals surface area contributed by atoms with E-state index in [0.717, 1.165) is 31.2 Å². The molecule has 10 heteroatoms. The zero-order chi connectivity index (χ0) is 27.2. The number of nitrogens with zero attached hydrogens (tertiary/aromatic N) is 4. The summed E-state index contributed by atoms with van der Waals surface area (Å²) in [6.45, 7) is 6.46. The zero-order valence-electron chi connectivity index (χ0n) is 22.3. The van der Waals surface area contributed by atoms with Crippen molar-refractivity contribution in [3.8, 4) is 6.07 Å². The fourth-order valence-electron chi connectivity index (χ4n) is 6.60. The van der Waals surface area contributed by atoms with Crippen molar-refractivity contribution in [1.29, 1.82) is 5.26 Å². The van der Waals surface area contributed by atoms with Gasteiger partial charge in [0, 0.05) is 25.7 Å². The first-order valence-electron chi connectivity index (χ1n) is 13.6. The first-order chi connectivity index (χ1) is 18.0. The molecule has 4 atom stereocenters. The molecule has 1 aliphatic carbocycles. The number of fused-ring (bicyclic) bond motifs is 2. The smallest absolute Gasteiger partial charge is 0.408 e. The zero-order valence-corrected chi connectivity index (χ0v) is 22.3. The van der Waals surface area contributed by atoms with Crippen LogP contribution in [0.1, 0.15) is 64.9 Å². The maximum absolute atomic E-state index is 13.7. The van der Waals surface area contributed by atoms with Gasteiger partial charge in [0.05, 0.1) is 17.6 Å². The first kappa shape index (κ1) is 26.4. The predicted octanol–water partition coefficient (Wildman–Crippen LogP) is 2.90. The monoisotopic (exact) mass is 525 g/mol. The largest absolute Gasteiger partial charge is 0.444 e. The van der Waals surface area contributed by atoms with Crippen LogP contribution >= 0.6 is 0 Å². The van der Waals surface area contributed by atoms with E-state index < -0.39 is 29.3 Å². The van der Waals surface area contributed by atoms with Gasteiger partial charge in [0.25, 0.3) is 0 Å². The second-order valence-electron chi connectivity index (χ2n) is 12.0. The molecule has 1 N–H and O–H groups in total. The van der Waals surface area contributed by atoms with Crippen LogP contribution in [0.4, 0.5) is 9.18 Å². The number of likely N-dealkylation sites (tertiary alicyclic amines) is 3. The summed E-state index contributed by atoms with van der Waals surface area (Å²) in [7, 11) is 0. The molecule has 3 amide bonds. The van der Waals surface area contributed by atoms with Gasteiger partial charge in [0.15, 0.2) is 0 Å². The molecule has 5 rings (SSSR count). The number of benzene rings is 1.